The Balaban J connectivity index is 2.53. The molecular formula is C12H18BrNO2. The van der Waals surface area contributed by atoms with Gasteiger partial charge in [0.1, 0.15) is 5.75 Å². The van der Waals surface area contributed by atoms with Crippen molar-refractivity contribution in [2.75, 3.05) is 20.3 Å². The minimum atomic E-state index is 0.0249. The molecule has 1 aromatic carbocycles. The second-order valence-electron chi connectivity index (χ2n) is 3.67. The summed E-state index contributed by atoms with van der Waals surface area (Å²) in [6.07, 6.45) is 0.892. The van der Waals surface area contributed by atoms with Gasteiger partial charge in [0.25, 0.3) is 0 Å². The Morgan fingerprint density at radius 3 is 2.69 bits per heavy atom. The third-order valence-corrected chi connectivity index (χ3v) is 2.91. The average Bonchev–Trinajstić information content (AvgIpc) is 2.24. The summed E-state index contributed by atoms with van der Waals surface area (Å²) < 4.78 is 11.5. The van der Waals surface area contributed by atoms with Crippen molar-refractivity contribution in [3.63, 3.8) is 0 Å². The van der Waals surface area contributed by atoms with E-state index < -0.39 is 0 Å². The summed E-state index contributed by atoms with van der Waals surface area (Å²) in [5.74, 6) is 0.854. The maximum atomic E-state index is 5.82. The molecule has 0 unspecified atom stereocenters. The summed E-state index contributed by atoms with van der Waals surface area (Å²) in [7, 11) is 1.69. The Morgan fingerprint density at radius 2 is 2.12 bits per heavy atom. The highest BCUT2D eigenvalue weighted by Gasteiger charge is 2.05. The number of hydrogen-bond donors (Lipinski definition) is 1. The van der Waals surface area contributed by atoms with Crippen LogP contribution < -0.4 is 10.5 Å². The molecule has 0 fully saturated rings. The highest BCUT2D eigenvalue weighted by Crippen LogP contribution is 2.26. The van der Waals surface area contributed by atoms with Crippen molar-refractivity contribution in [3.8, 4) is 5.75 Å². The number of hydrogen-bond acceptors (Lipinski definition) is 3. The fraction of sp³-hybridized carbons (Fsp3) is 0.500. The van der Waals surface area contributed by atoms with Gasteiger partial charge in [-0.15, -0.1) is 0 Å². The van der Waals surface area contributed by atoms with Crippen LogP contribution >= 0.6 is 15.9 Å². The minimum Gasteiger partial charge on any atom is -0.493 e. The average molecular weight is 288 g/mol. The van der Waals surface area contributed by atoms with Gasteiger partial charge in [-0.25, -0.2) is 0 Å². The zero-order chi connectivity index (χ0) is 12.0. The van der Waals surface area contributed by atoms with Gasteiger partial charge in [0.15, 0.2) is 0 Å². The third kappa shape index (κ3) is 4.12. The number of benzene rings is 1. The Labute approximate surface area is 105 Å². The van der Waals surface area contributed by atoms with Crippen LogP contribution in [0.25, 0.3) is 0 Å². The number of halogens is 1. The molecule has 0 amide bonds. The summed E-state index contributed by atoms with van der Waals surface area (Å²) in [4.78, 5) is 0. The van der Waals surface area contributed by atoms with Crippen molar-refractivity contribution in [2.24, 2.45) is 5.73 Å². The maximum Gasteiger partial charge on any atom is 0.120 e. The standard InChI is InChI=1S/C12H18BrNO2/c1-9(14)11-5-4-10(8-12(11)13)16-7-3-6-15-2/h4-5,8-9H,3,6-7,14H2,1-2H3/t9-/m1/s1. The van der Waals surface area contributed by atoms with Crippen LogP contribution in [0.3, 0.4) is 0 Å². The zero-order valence-corrected chi connectivity index (χ0v) is 11.3. The summed E-state index contributed by atoms with van der Waals surface area (Å²) in [6, 6.07) is 5.90. The third-order valence-electron chi connectivity index (χ3n) is 2.22. The largest absolute Gasteiger partial charge is 0.493 e. The molecule has 0 aliphatic carbocycles. The lowest BCUT2D eigenvalue weighted by molar-refractivity contribution is 0.172. The zero-order valence-electron chi connectivity index (χ0n) is 9.70. The summed E-state index contributed by atoms with van der Waals surface area (Å²) >= 11 is 3.49. The molecule has 0 radical (unpaired) electrons. The van der Waals surface area contributed by atoms with Gasteiger partial charge >= 0.3 is 0 Å². The molecule has 1 rings (SSSR count). The molecule has 0 heterocycles. The smallest absolute Gasteiger partial charge is 0.120 e. The first-order chi connectivity index (χ1) is 7.65. The van der Waals surface area contributed by atoms with Gasteiger partial charge < -0.3 is 15.2 Å². The van der Waals surface area contributed by atoms with Crippen molar-refractivity contribution in [2.45, 2.75) is 19.4 Å². The molecule has 16 heavy (non-hydrogen) atoms. The topological polar surface area (TPSA) is 44.5 Å². The molecule has 1 atom stereocenters. The van der Waals surface area contributed by atoms with Gasteiger partial charge in [-0.05, 0) is 24.6 Å². The first-order valence-corrected chi connectivity index (χ1v) is 6.11. The van der Waals surface area contributed by atoms with Crippen molar-refractivity contribution >= 4 is 15.9 Å². The quantitative estimate of drug-likeness (QED) is 0.819. The summed E-state index contributed by atoms with van der Waals surface area (Å²) in [5.41, 5.74) is 6.90. The van der Waals surface area contributed by atoms with Crippen LogP contribution in [0.4, 0.5) is 0 Å². The monoisotopic (exact) mass is 287 g/mol. The molecule has 0 aliphatic rings. The predicted molar refractivity (Wildman–Crippen MR) is 68.7 cm³/mol. The van der Waals surface area contributed by atoms with E-state index >= 15 is 0 Å². The minimum absolute atomic E-state index is 0.0249. The van der Waals surface area contributed by atoms with Gasteiger partial charge in [-0.1, -0.05) is 22.0 Å². The number of methoxy groups -OCH3 is 1. The fourth-order valence-corrected chi connectivity index (χ4v) is 2.08. The molecule has 0 spiro atoms. The Bertz CT molecular complexity index is 329. The molecule has 2 N–H and O–H groups in total. The molecule has 0 aliphatic heterocycles. The maximum absolute atomic E-state index is 5.82. The normalized spacial score (nSPS) is 12.5. The van der Waals surface area contributed by atoms with Gasteiger partial charge in [-0.2, -0.15) is 0 Å². The molecule has 0 bridgehead atoms. The van der Waals surface area contributed by atoms with E-state index in [1.54, 1.807) is 7.11 Å². The molecular weight excluding hydrogens is 270 g/mol. The number of ether oxygens (including phenoxy) is 2. The predicted octanol–water partition coefficient (Wildman–Crippen LogP) is 2.88. The Hall–Kier alpha value is -0.580. The van der Waals surface area contributed by atoms with E-state index in [9.17, 15) is 0 Å². The van der Waals surface area contributed by atoms with Crippen molar-refractivity contribution in [3.05, 3.63) is 28.2 Å². The summed E-state index contributed by atoms with van der Waals surface area (Å²) in [6.45, 7) is 3.34. The Morgan fingerprint density at radius 1 is 1.38 bits per heavy atom. The Kier molecular flexibility index (Phi) is 5.80. The first kappa shape index (κ1) is 13.5. The number of rotatable bonds is 6. The van der Waals surface area contributed by atoms with E-state index in [0.717, 1.165) is 28.8 Å². The van der Waals surface area contributed by atoms with Crippen molar-refractivity contribution < 1.29 is 9.47 Å². The fourth-order valence-electron chi connectivity index (χ4n) is 1.36. The lowest BCUT2D eigenvalue weighted by atomic mass is 10.1. The van der Waals surface area contributed by atoms with Gasteiger partial charge in [0.2, 0.25) is 0 Å². The van der Waals surface area contributed by atoms with E-state index in [4.69, 9.17) is 15.2 Å². The van der Waals surface area contributed by atoms with Crippen LogP contribution in [0, 0.1) is 0 Å². The van der Waals surface area contributed by atoms with E-state index in [2.05, 4.69) is 15.9 Å². The highest BCUT2D eigenvalue weighted by atomic mass is 79.9. The molecule has 3 nitrogen and oxygen atoms in total. The lowest BCUT2D eigenvalue weighted by Crippen LogP contribution is -2.06. The lowest BCUT2D eigenvalue weighted by Gasteiger charge is -2.11. The van der Waals surface area contributed by atoms with Crippen LogP contribution in [0.5, 0.6) is 5.75 Å². The second kappa shape index (κ2) is 6.89. The van der Waals surface area contributed by atoms with Crippen molar-refractivity contribution in [1.29, 1.82) is 0 Å². The van der Waals surface area contributed by atoms with Gasteiger partial charge in [0, 0.05) is 30.7 Å². The summed E-state index contributed by atoms with van der Waals surface area (Å²) in [5, 5.41) is 0. The van der Waals surface area contributed by atoms with E-state index in [-0.39, 0.29) is 6.04 Å². The van der Waals surface area contributed by atoms with Crippen LogP contribution in [0.15, 0.2) is 22.7 Å². The SMILES string of the molecule is COCCCOc1ccc([C@@H](C)N)c(Br)c1. The highest BCUT2D eigenvalue weighted by molar-refractivity contribution is 9.10. The van der Waals surface area contributed by atoms with Crippen molar-refractivity contribution in [1.82, 2.24) is 0 Å². The first-order valence-electron chi connectivity index (χ1n) is 5.32. The van der Waals surface area contributed by atoms with E-state index in [1.807, 2.05) is 25.1 Å². The van der Waals surface area contributed by atoms with Crippen LogP contribution in [-0.2, 0) is 4.74 Å². The molecule has 1 aromatic rings. The van der Waals surface area contributed by atoms with Crippen LogP contribution in [-0.4, -0.2) is 20.3 Å². The molecule has 90 valence electrons. The molecule has 0 saturated heterocycles. The molecule has 0 saturated carbocycles. The second-order valence-corrected chi connectivity index (χ2v) is 4.52. The van der Waals surface area contributed by atoms with Gasteiger partial charge in [0.05, 0.1) is 6.61 Å². The molecule has 0 aromatic heterocycles. The van der Waals surface area contributed by atoms with Crippen LogP contribution in [0.2, 0.25) is 0 Å². The number of nitrogens with two attached hydrogens (primary N) is 1. The van der Waals surface area contributed by atoms with E-state index in [0.29, 0.717) is 6.61 Å². The van der Waals surface area contributed by atoms with E-state index in [1.165, 1.54) is 0 Å². The van der Waals surface area contributed by atoms with Gasteiger partial charge in [-0.3, -0.25) is 0 Å². The van der Waals surface area contributed by atoms with Crippen LogP contribution in [0.1, 0.15) is 24.9 Å². The molecule has 4 heteroatoms.